The van der Waals surface area contributed by atoms with Crippen LogP contribution in [-0.4, -0.2) is 30.6 Å². The number of hydrogen-bond acceptors (Lipinski definition) is 5. The van der Waals surface area contributed by atoms with Gasteiger partial charge in [-0.15, -0.1) is 0 Å². The van der Waals surface area contributed by atoms with Gasteiger partial charge < -0.3 is 10.1 Å². The number of fused-ring (bicyclic) bond motifs is 1. The van der Waals surface area contributed by atoms with Gasteiger partial charge in [0.1, 0.15) is 0 Å². The van der Waals surface area contributed by atoms with Crippen molar-refractivity contribution in [2.45, 2.75) is 0 Å². The van der Waals surface area contributed by atoms with Crippen LogP contribution in [0.5, 0.6) is 0 Å². The minimum atomic E-state index is -1.54. The molecule has 2 aromatic rings. The maximum atomic E-state index is 11.4. The van der Waals surface area contributed by atoms with Crippen LogP contribution < -0.4 is 16.8 Å². The fourth-order valence-corrected chi connectivity index (χ4v) is 1.33. The number of aromatic carboxylic acids is 1. The largest absolute Gasteiger partial charge is 0.476 e. The zero-order valence-electron chi connectivity index (χ0n) is 8.47. The molecule has 0 radical (unpaired) electrons. The highest BCUT2D eigenvalue weighted by Crippen LogP contribution is 1.97. The van der Waals surface area contributed by atoms with E-state index in [0.717, 1.165) is 4.57 Å². The van der Waals surface area contributed by atoms with Gasteiger partial charge in [-0.2, -0.15) is 0 Å². The molecule has 0 saturated carbocycles. The van der Waals surface area contributed by atoms with Gasteiger partial charge >= 0.3 is 11.7 Å². The van der Waals surface area contributed by atoms with Crippen molar-refractivity contribution < 1.29 is 9.90 Å². The maximum Gasteiger partial charge on any atom is 0.360 e. The summed E-state index contributed by atoms with van der Waals surface area (Å²) in [6.45, 7) is 0. The number of nitrogens with one attached hydrogen (secondary N) is 2. The third-order valence-corrected chi connectivity index (χ3v) is 2.17. The van der Waals surface area contributed by atoms with E-state index in [1.54, 1.807) is 0 Å². The van der Waals surface area contributed by atoms with E-state index in [0.29, 0.717) is 0 Å². The predicted octanol–water partition coefficient (Wildman–Crippen LogP) is -1.99. The molecule has 0 atom stereocenters. The summed E-state index contributed by atoms with van der Waals surface area (Å²) in [6.07, 6.45) is 0. The van der Waals surface area contributed by atoms with Crippen molar-refractivity contribution in [2.24, 2.45) is 7.05 Å². The monoisotopic (exact) mass is 238 g/mol. The lowest BCUT2D eigenvalue weighted by atomic mass is 10.4. The summed E-state index contributed by atoms with van der Waals surface area (Å²) in [5, 5.41) is 8.70. The van der Waals surface area contributed by atoms with E-state index in [9.17, 15) is 19.2 Å². The van der Waals surface area contributed by atoms with Gasteiger partial charge in [-0.1, -0.05) is 0 Å². The van der Waals surface area contributed by atoms with Crippen LogP contribution in [0.2, 0.25) is 0 Å². The molecule has 0 aliphatic carbocycles. The molecule has 3 N–H and O–H groups in total. The van der Waals surface area contributed by atoms with Crippen LogP contribution in [0, 0.1) is 0 Å². The van der Waals surface area contributed by atoms with Crippen LogP contribution in [0.15, 0.2) is 14.4 Å². The van der Waals surface area contributed by atoms with Crippen LogP contribution in [-0.2, 0) is 7.05 Å². The number of aromatic nitrogens is 4. The summed E-state index contributed by atoms with van der Waals surface area (Å²) in [7, 11) is 1.29. The molecule has 0 saturated heterocycles. The number of rotatable bonds is 1. The number of nitrogens with zero attached hydrogens (tertiary/aromatic N) is 2. The van der Waals surface area contributed by atoms with Crippen LogP contribution in [0.25, 0.3) is 11.2 Å². The lowest BCUT2D eigenvalue weighted by Crippen LogP contribution is -2.32. The van der Waals surface area contributed by atoms with E-state index < -0.39 is 28.5 Å². The molecule has 0 spiro atoms. The molecule has 0 aliphatic rings. The Balaban J connectivity index is 3.10. The number of aryl methyl sites for hydroxylation is 1. The smallest absolute Gasteiger partial charge is 0.360 e. The van der Waals surface area contributed by atoms with Crippen molar-refractivity contribution in [3.8, 4) is 0 Å². The summed E-state index contributed by atoms with van der Waals surface area (Å²) >= 11 is 0. The Morgan fingerprint density at radius 1 is 1.24 bits per heavy atom. The van der Waals surface area contributed by atoms with Crippen molar-refractivity contribution in [1.82, 2.24) is 19.5 Å². The lowest BCUT2D eigenvalue weighted by molar-refractivity contribution is 0.0688. The first-order valence-electron chi connectivity index (χ1n) is 4.38. The van der Waals surface area contributed by atoms with Gasteiger partial charge in [0.05, 0.1) is 0 Å². The van der Waals surface area contributed by atoms with Gasteiger partial charge in [0.2, 0.25) is 5.69 Å². The van der Waals surface area contributed by atoms with Crippen molar-refractivity contribution in [3.05, 3.63) is 36.9 Å². The van der Waals surface area contributed by atoms with Gasteiger partial charge in [0.15, 0.2) is 11.2 Å². The fourth-order valence-electron chi connectivity index (χ4n) is 1.33. The summed E-state index contributed by atoms with van der Waals surface area (Å²) in [6, 6.07) is 0. The van der Waals surface area contributed by atoms with Crippen LogP contribution in [0.3, 0.4) is 0 Å². The average Bonchev–Trinajstić information content (AvgIpc) is 2.25. The molecule has 2 rings (SSSR count). The third-order valence-electron chi connectivity index (χ3n) is 2.17. The third kappa shape index (κ3) is 1.53. The van der Waals surface area contributed by atoms with Gasteiger partial charge in [0, 0.05) is 7.05 Å². The highest BCUT2D eigenvalue weighted by molar-refractivity contribution is 5.86. The van der Waals surface area contributed by atoms with Crippen LogP contribution >= 0.6 is 0 Å². The molecule has 0 fully saturated rings. The second-order valence-corrected chi connectivity index (χ2v) is 3.24. The molecule has 17 heavy (non-hydrogen) atoms. The quantitative estimate of drug-likeness (QED) is 0.525. The Bertz CT molecular complexity index is 796. The van der Waals surface area contributed by atoms with E-state index in [-0.39, 0.29) is 11.2 Å². The average molecular weight is 238 g/mol. The minimum absolute atomic E-state index is 0.198. The lowest BCUT2D eigenvalue weighted by Gasteiger charge is -2.02. The van der Waals surface area contributed by atoms with Gasteiger partial charge in [-0.3, -0.25) is 19.1 Å². The van der Waals surface area contributed by atoms with E-state index in [2.05, 4.69) is 9.97 Å². The maximum absolute atomic E-state index is 11.4. The minimum Gasteiger partial charge on any atom is -0.476 e. The zero-order chi connectivity index (χ0) is 12.7. The number of aromatic amines is 2. The first-order chi connectivity index (χ1) is 7.91. The highest BCUT2D eigenvalue weighted by atomic mass is 16.4. The number of carbonyl (C=O) groups is 1. The van der Waals surface area contributed by atoms with E-state index in [4.69, 9.17) is 5.11 Å². The number of carboxylic acids is 1. The molecular formula is C8H6N4O5. The van der Waals surface area contributed by atoms with Crippen LogP contribution in [0.4, 0.5) is 0 Å². The molecule has 0 unspecified atom stereocenters. The molecule has 2 heterocycles. The number of hydrogen-bond donors (Lipinski definition) is 3. The molecule has 0 aliphatic heterocycles. The van der Waals surface area contributed by atoms with Gasteiger partial charge in [0.25, 0.3) is 11.1 Å². The molecule has 9 nitrogen and oxygen atoms in total. The Hall–Kier alpha value is -2.71. The summed E-state index contributed by atoms with van der Waals surface area (Å²) in [4.78, 5) is 52.1. The SMILES string of the molecule is Cn1c(=O)[nH]c(=O)c2[nH]c(=O)c(C(=O)O)nc21. The standard InChI is InChI=1S/C8H6N4O5/c1-12-4-2(5(13)11-8(12)17)10-6(14)3(9-4)7(15)16/h1H3,(H,10,14)(H,15,16)(H,11,13,17). The highest BCUT2D eigenvalue weighted by Gasteiger charge is 2.15. The number of H-pyrrole nitrogens is 2. The van der Waals surface area contributed by atoms with Crippen molar-refractivity contribution in [3.63, 3.8) is 0 Å². The molecule has 9 heteroatoms. The van der Waals surface area contributed by atoms with Gasteiger partial charge in [-0.25, -0.2) is 14.6 Å². The second kappa shape index (κ2) is 3.40. The zero-order valence-corrected chi connectivity index (χ0v) is 8.47. The first kappa shape index (κ1) is 10.8. The number of carboxylic acid groups (broad SMARTS) is 1. The summed E-state index contributed by atoms with van der Waals surface area (Å²) in [5.74, 6) is -1.54. The summed E-state index contributed by atoms with van der Waals surface area (Å²) in [5.41, 5.74) is -3.81. The molecule has 0 bridgehead atoms. The molecular weight excluding hydrogens is 232 g/mol. The predicted molar refractivity (Wildman–Crippen MR) is 55.2 cm³/mol. The van der Waals surface area contributed by atoms with E-state index >= 15 is 0 Å². The first-order valence-corrected chi connectivity index (χ1v) is 4.38. The van der Waals surface area contributed by atoms with Crippen molar-refractivity contribution >= 4 is 17.1 Å². The Morgan fingerprint density at radius 2 is 1.88 bits per heavy atom. The molecule has 0 amide bonds. The topological polar surface area (TPSA) is 138 Å². The second-order valence-electron chi connectivity index (χ2n) is 3.24. The molecule has 88 valence electrons. The summed E-state index contributed by atoms with van der Waals surface area (Å²) < 4.78 is 0.930. The van der Waals surface area contributed by atoms with Gasteiger partial charge in [-0.05, 0) is 0 Å². The fraction of sp³-hybridized carbons (Fsp3) is 0.125. The Labute approximate surface area is 91.4 Å². The normalized spacial score (nSPS) is 10.6. The van der Waals surface area contributed by atoms with Crippen molar-refractivity contribution in [1.29, 1.82) is 0 Å². The Morgan fingerprint density at radius 3 is 2.47 bits per heavy atom. The van der Waals surface area contributed by atoms with E-state index in [1.807, 2.05) is 4.98 Å². The Kier molecular flexibility index (Phi) is 2.16. The molecule has 0 aromatic carbocycles. The van der Waals surface area contributed by atoms with Crippen LogP contribution in [0.1, 0.15) is 10.5 Å². The van der Waals surface area contributed by atoms with Crippen molar-refractivity contribution in [2.75, 3.05) is 0 Å². The molecule has 2 aromatic heterocycles. The van der Waals surface area contributed by atoms with E-state index in [1.165, 1.54) is 7.05 Å².